The first-order valence-electron chi connectivity index (χ1n) is 5.33. The second-order valence-electron chi connectivity index (χ2n) is 5.30. The van der Waals surface area contributed by atoms with Gasteiger partial charge in [-0.3, -0.25) is 4.90 Å². The van der Waals surface area contributed by atoms with E-state index in [1.54, 1.807) is 0 Å². The molecule has 0 N–H and O–H groups in total. The van der Waals surface area contributed by atoms with E-state index < -0.39 is 0 Å². The Labute approximate surface area is 91.0 Å². The lowest BCUT2D eigenvalue weighted by atomic mass is 9.92. The lowest BCUT2D eigenvalue weighted by molar-refractivity contribution is 0.226. The summed E-state index contributed by atoms with van der Waals surface area (Å²) in [5.74, 6) is 0. The number of halogens is 1. The fraction of sp³-hybridized carbons (Fsp3) is 1.00. The first-order valence-corrected chi connectivity index (χ1v) is 6.45. The van der Waals surface area contributed by atoms with Crippen LogP contribution in [0.2, 0.25) is 0 Å². The predicted molar refractivity (Wildman–Crippen MR) is 62.5 cm³/mol. The Morgan fingerprint density at radius 1 is 1.38 bits per heavy atom. The van der Waals surface area contributed by atoms with Crippen LogP contribution in [0.25, 0.3) is 0 Å². The fourth-order valence-corrected chi connectivity index (χ4v) is 2.58. The Morgan fingerprint density at radius 2 is 2.08 bits per heavy atom. The summed E-state index contributed by atoms with van der Waals surface area (Å²) in [5.41, 5.74) is 0.486. The second-order valence-corrected chi connectivity index (χ2v) is 5.94. The topological polar surface area (TPSA) is 3.24 Å². The van der Waals surface area contributed by atoms with Crippen molar-refractivity contribution in [2.24, 2.45) is 5.41 Å². The van der Waals surface area contributed by atoms with Crippen LogP contribution in [0.3, 0.4) is 0 Å². The second kappa shape index (κ2) is 4.79. The van der Waals surface area contributed by atoms with Crippen molar-refractivity contribution in [3.05, 3.63) is 0 Å². The van der Waals surface area contributed by atoms with Crippen molar-refractivity contribution in [3.8, 4) is 0 Å². The SMILES string of the molecule is CC(C)(C)CCN1CCCC1CBr. The van der Waals surface area contributed by atoms with Crippen LogP contribution in [0.5, 0.6) is 0 Å². The number of hydrogen-bond acceptors (Lipinski definition) is 1. The van der Waals surface area contributed by atoms with Crippen LogP contribution in [0.15, 0.2) is 0 Å². The molecule has 1 saturated heterocycles. The monoisotopic (exact) mass is 247 g/mol. The Bertz CT molecular complexity index is 151. The molecule has 0 amide bonds. The van der Waals surface area contributed by atoms with Gasteiger partial charge in [0.2, 0.25) is 0 Å². The van der Waals surface area contributed by atoms with Crippen molar-refractivity contribution in [2.75, 3.05) is 18.4 Å². The van der Waals surface area contributed by atoms with Gasteiger partial charge in [0.15, 0.2) is 0 Å². The van der Waals surface area contributed by atoms with E-state index in [9.17, 15) is 0 Å². The molecule has 0 aromatic carbocycles. The van der Waals surface area contributed by atoms with Gasteiger partial charge in [-0.2, -0.15) is 0 Å². The molecule has 1 atom stereocenters. The van der Waals surface area contributed by atoms with Gasteiger partial charge in [0.25, 0.3) is 0 Å². The molecule has 78 valence electrons. The van der Waals surface area contributed by atoms with E-state index in [1.165, 1.54) is 32.4 Å². The molecule has 1 unspecified atom stereocenters. The third kappa shape index (κ3) is 3.99. The minimum atomic E-state index is 0.486. The summed E-state index contributed by atoms with van der Waals surface area (Å²) in [7, 11) is 0. The summed E-state index contributed by atoms with van der Waals surface area (Å²) in [4.78, 5) is 2.64. The molecule has 13 heavy (non-hydrogen) atoms. The van der Waals surface area contributed by atoms with Crippen LogP contribution in [-0.2, 0) is 0 Å². The Hall–Kier alpha value is 0.440. The smallest absolute Gasteiger partial charge is 0.0193 e. The van der Waals surface area contributed by atoms with E-state index in [-0.39, 0.29) is 0 Å². The number of rotatable bonds is 3. The van der Waals surface area contributed by atoms with Crippen LogP contribution in [0.4, 0.5) is 0 Å². The fourth-order valence-electron chi connectivity index (χ4n) is 1.84. The van der Waals surface area contributed by atoms with Gasteiger partial charge in [0.05, 0.1) is 0 Å². The molecule has 0 aromatic rings. The highest BCUT2D eigenvalue weighted by Crippen LogP contribution is 2.24. The standard InChI is InChI=1S/C11H22BrN/c1-11(2,3)6-8-13-7-4-5-10(13)9-12/h10H,4-9H2,1-3H3. The van der Waals surface area contributed by atoms with E-state index in [4.69, 9.17) is 0 Å². The van der Waals surface area contributed by atoms with Crippen LogP contribution < -0.4 is 0 Å². The van der Waals surface area contributed by atoms with Gasteiger partial charge in [-0.1, -0.05) is 36.7 Å². The first kappa shape index (κ1) is 11.5. The van der Waals surface area contributed by atoms with E-state index in [1.807, 2.05) is 0 Å². The van der Waals surface area contributed by atoms with Crippen LogP contribution in [-0.4, -0.2) is 29.4 Å². The maximum absolute atomic E-state index is 3.60. The Balaban J connectivity index is 2.28. The van der Waals surface area contributed by atoms with Crippen molar-refractivity contribution in [1.82, 2.24) is 4.90 Å². The van der Waals surface area contributed by atoms with Crippen molar-refractivity contribution in [2.45, 2.75) is 46.1 Å². The van der Waals surface area contributed by atoms with Gasteiger partial charge in [-0.25, -0.2) is 0 Å². The third-order valence-corrected chi connectivity index (χ3v) is 3.57. The predicted octanol–water partition coefficient (Wildman–Crippen LogP) is 3.28. The lowest BCUT2D eigenvalue weighted by Gasteiger charge is -2.27. The highest BCUT2D eigenvalue weighted by Gasteiger charge is 2.24. The van der Waals surface area contributed by atoms with Gasteiger partial charge >= 0.3 is 0 Å². The quantitative estimate of drug-likeness (QED) is 0.693. The Kier molecular flexibility index (Phi) is 4.24. The number of alkyl halides is 1. The summed E-state index contributed by atoms with van der Waals surface area (Å²) in [6.07, 6.45) is 4.09. The van der Waals surface area contributed by atoms with E-state index in [0.29, 0.717) is 5.41 Å². The summed E-state index contributed by atoms with van der Waals surface area (Å²) in [6.45, 7) is 9.57. The molecular formula is C11H22BrN. The summed E-state index contributed by atoms with van der Waals surface area (Å²) in [6, 6.07) is 0.808. The molecule has 1 nitrogen and oxygen atoms in total. The molecule has 0 saturated carbocycles. The van der Waals surface area contributed by atoms with E-state index in [0.717, 1.165) is 11.4 Å². The molecule has 0 aliphatic carbocycles. The van der Waals surface area contributed by atoms with Crippen molar-refractivity contribution in [1.29, 1.82) is 0 Å². The molecule has 1 aliphatic rings. The molecular weight excluding hydrogens is 226 g/mol. The maximum atomic E-state index is 3.60. The van der Waals surface area contributed by atoms with Gasteiger partial charge in [-0.05, 0) is 37.8 Å². The highest BCUT2D eigenvalue weighted by atomic mass is 79.9. The van der Waals surface area contributed by atoms with Gasteiger partial charge in [0.1, 0.15) is 0 Å². The number of likely N-dealkylation sites (tertiary alicyclic amines) is 1. The minimum absolute atomic E-state index is 0.486. The first-order chi connectivity index (χ1) is 6.03. The highest BCUT2D eigenvalue weighted by molar-refractivity contribution is 9.09. The van der Waals surface area contributed by atoms with Gasteiger partial charge in [0, 0.05) is 11.4 Å². The molecule has 1 heterocycles. The largest absolute Gasteiger partial charge is 0.300 e. The van der Waals surface area contributed by atoms with Gasteiger partial charge < -0.3 is 0 Å². The average Bonchev–Trinajstić information content (AvgIpc) is 2.46. The van der Waals surface area contributed by atoms with Crippen molar-refractivity contribution >= 4 is 15.9 Å². The molecule has 0 aromatic heterocycles. The summed E-state index contributed by atoms with van der Waals surface area (Å²) >= 11 is 3.60. The molecule has 1 rings (SSSR count). The zero-order chi connectivity index (χ0) is 9.90. The number of nitrogens with zero attached hydrogens (tertiary/aromatic N) is 1. The summed E-state index contributed by atoms with van der Waals surface area (Å²) < 4.78 is 0. The van der Waals surface area contributed by atoms with E-state index in [2.05, 4.69) is 41.6 Å². The number of hydrogen-bond donors (Lipinski definition) is 0. The minimum Gasteiger partial charge on any atom is -0.300 e. The molecule has 1 fully saturated rings. The zero-order valence-electron chi connectivity index (χ0n) is 9.15. The normalized spacial score (nSPS) is 25.4. The maximum Gasteiger partial charge on any atom is 0.0193 e. The Morgan fingerprint density at radius 3 is 2.62 bits per heavy atom. The van der Waals surface area contributed by atoms with Crippen LogP contribution >= 0.6 is 15.9 Å². The lowest BCUT2D eigenvalue weighted by Crippen LogP contribution is -2.33. The molecule has 0 bridgehead atoms. The van der Waals surface area contributed by atoms with Gasteiger partial charge in [-0.15, -0.1) is 0 Å². The third-order valence-electron chi connectivity index (χ3n) is 2.83. The van der Waals surface area contributed by atoms with Crippen molar-refractivity contribution in [3.63, 3.8) is 0 Å². The molecule has 0 radical (unpaired) electrons. The van der Waals surface area contributed by atoms with Crippen molar-refractivity contribution < 1.29 is 0 Å². The molecule has 0 spiro atoms. The zero-order valence-corrected chi connectivity index (χ0v) is 10.7. The summed E-state index contributed by atoms with van der Waals surface area (Å²) in [5, 5.41) is 1.15. The van der Waals surface area contributed by atoms with E-state index >= 15 is 0 Å². The van der Waals surface area contributed by atoms with Crippen LogP contribution in [0.1, 0.15) is 40.0 Å². The average molecular weight is 248 g/mol. The molecule has 2 heteroatoms. The molecule has 1 aliphatic heterocycles. The van der Waals surface area contributed by atoms with Crippen LogP contribution in [0, 0.1) is 5.41 Å².